The van der Waals surface area contributed by atoms with E-state index in [9.17, 15) is 4.79 Å². The molecule has 0 fully saturated rings. The molecule has 21 heavy (non-hydrogen) atoms. The van der Waals surface area contributed by atoms with Crippen molar-refractivity contribution in [2.24, 2.45) is 0 Å². The van der Waals surface area contributed by atoms with Gasteiger partial charge < -0.3 is 5.32 Å². The fourth-order valence-corrected chi connectivity index (χ4v) is 1.95. The fraction of sp³-hybridized carbons (Fsp3) is 0.538. The van der Waals surface area contributed by atoms with Crippen LogP contribution in [0.25, 0.3) is 0 Å². The summed E-state index contributed by atoms with van der Waals surface area (Å²) in [7, 11) is 0. The van der Waals surface area contributed by atoms with Crippen LogP contribution in [0.3, 0.4) is 0 Å². The Morgan fingerprint density at radius 1 is 1.43 bits per heavy atom. The third-order valence-electron chi connectivity index (χ3n) is 2.99. The van der Waals surface area contributed by atoms with Gasteiger partial charge in [0.05, 0.1) is 12.7 Å². The molecule has 0 aromatic carbocycles. The molecule has 0 aliphatic heterocycles. The number of carbonyl (C=O) groups is 1. The smallest absolute Gasteiger partial charge is 0.320 e. The number of aryl methyl sites for hydroxylation is 1. The van der Waals surface area contributed by atoms with E-state index in [0.29, 0.717) is 12.4 Å². The second-order valence-electron chi connectivity index (χ2n) is 4.91. The van der Waals surface area contributed by atoms with Gasteiger partial charge in [-0.05, 0) is 13.3 Å². The van der Waals surface area contributed by atoms with Gasteiger partial charge in [0.25, 0.3) is 0 Å². The highest BCUT2D eigenvalue weighted by Crippen LogP contribution is 2.07. The van der Waals surface area contributed by atoms with Crippen molar-refractivity contribution in [3.63, 3.8) is 0 Å². The van der Waals surface area contributed by atoms with Crippen LogP contribution in [0, 0.1) is 0 Å². The van der Waals surface area contributed by atoms with Crippen molar-refractivity contribution in [1.29, 1.82) is 0 Å². The first-order chi connectivity index (χ1) is 10.2. The Morgan fingerprint density at radius 2 is 2.29 bits per heavy atom. The van der Waals surface area contributed by atoms with Crippen LogP contribution in [0.4, 0.5) is 10.6 Å². The number of amides is 2. The number of nitrogens with one attached hydrogen (secondary N) is 2. The summed E-state index contributed by atoms with van der Waals surface area (Å²) >= 11 is 0. The second kappa shape index (κ2) is 7.41. The number of unbranched alkanes of at least 4 members (excludes halogenated alkanes) is 1. The number of nitrogens with zero attached hydrogens (tertiary/aromatic N) is 5. The number of urea groups is 1. The molecule has 8 heteroatoms. The molecule has 2 rings (SSSR count). The van der Waals surface area contributed by atoms with Gasteiger partial charge in [-0.2, -0.15) is 10.2 Å². The molecule has 0 radical (unpaired) electrons. The maximum absolute atomic E-state index is 12.0. The zero-order chi connectivity index (χ0) is 15.1. The van der Waals surface area contributed by atoms with Crippen LogP contribution in [-0.2, 0) is 13.1 Å². The SMILES string of the molecule is CCCCn1nccc1NC(=O)N[C@@H](C)Cn1cncn1. The molecule has 2 heterocycles. The lowest BCUT2D eigenvalue weighted by Gasteiger charge is -2.15. The lowest BCUT2D eigenvalue weighted by atomic mass is 10.3. The molecule has 0 saturated heterocycles. The molecule has 0 spiro atoms. The average molecular weight is 291 g/mol. The van der Waals surface area contributed by atoms with E-state index >= 15 is 0 Å². The van der Waals surface area contributed by atoms with Gasteiger partial charge >= 0.3 is 6.03 Å². The zero-order valence-electron chi connectivity index (χ0n) is 12.4. The van der Waals surface area contributed by atoms with E-state index in [1.807, 2.05) is 6.92 Å². The third kappa shape index (κ3) is 4.59. The van der Waals surface area contributed by atoms with E-state index in [-0.39, 0.29) is 12.1 Å². The van der Waals surface area contributed by atoms with Crippen molar-refractivity contribution in [3.8, 4) is 0 Å². The summed E-state index contributed by atoms with van der Waals surface area (Å²) in [6.45, 7) is 5.40. The highest BCUT2D eigenvalue weighted by atomic mass is 16.2. The van der Waals surface area contributed by atoms with Gasteiger partial charge in [0.1, 0.15) is 18.5 Å². The van der Waals surface area contributed by atoms with Crippen LogP contribution in [0.5, 0.6) is 0 Å². The van der Waals surface area contributed by atoms with Crippen molar-refractivity contribution < 1.29 is 4.79 Å². The number of anilines is 1. The molecule has 1 atom stereocenters. The van der Waals surface area contributed by atoms with Crippen molar-refractivity contribution in [1.82, 2.24) is 29.9 Å². The quantitative estimate of drug-likeness (QED) is 0.808. The lowest BCUT2D eigenvalue weighted by molar-refractivity contribution is 0.247. The molecular formula is C13H21N7O. The van der Waals surface area contributed by atoms with Crippen LogP contribution < -0.4 is 10.6 Å². The molecule has 2 N–H and O–H groups in total. The van der Waals surface area contributed by atoms with E-state index in [1.165, 1.54) is 6.33 Å². The van der Waals surface area contributed by atoms with Gasteiger partial charge in [-0.3, -0.25) is 10.00 Å². The van der Waals surface area contributed by atoms with Gasteiger partial charge in [-0.25, -0.2) is 14.5 Å². The van der Waals surface area contributed by atoms with Crippen molar-refractivity contribution >= 4 is 11.8 Å². The largest absolute Gasteiger partial charge is 0.334 e. The summed E-state index contributed by atoms with van der Waals surface area (Å²) in [6.07, 6.45) is 6.89. The minimum absolute atomic E-state index is 0.0567. The molecule has 0 aliphatic rings. The van der Waals surface area contributed by atoms with Gasteiger partial charge in [-0.15, -0.1) is 0 Å². The Labute approximate surface area is 123 Å². The Balaban J connectivity index is 1.82. The van der Waals surface area contributed by atoms with Gasteiger partial charge in [-0.1, -0.05) is 13.3 Å². The lowest BCUT2D eigenvalue weighted by Crippen LogP contribution is -2.39. The number of hydrogen-bond acceptors (Lipinski definition) is 4. The van der Waals surface area contributed by atoms with Crippen LogP contribution in [0.1, 0.15) is 26.7 Å². The predicted octanol–water partition coefficient (Wildman–Crippen LogP) is 1.48. The van der Waals surface area contributed by atoms with Gasteiger partial charge in [0, 0.05) is 18.7 Å². The van der Waals surface area contributed by atoms with Crippen molar-refractivity contribution in [2.45, 2.75) is 45.8 Å². The average Bonchev–Trinajstić information content (AvgIpc) is 3.08. The molecule has 2 aromatic heterocycles. The van der Waals surface area contributed by atoms with E-state index in [1.54, 1.807) is 28.0 Å². The summed E-state index contributed by atoms with van der Waals surface area (Å²) in [5.74, 6) is 0.703. The van der Waals surface area contributed by atoms with Crippen LogP contribution >= 0.6 is 0 Å². The maximum Gasteiger partial charge on any atom is 0.320 e. The van der Waals surface area contributed by atoms with Crippen LogP contribution in [-0.4, -0.2) is 36.6 Å². The first-order valence-corrected chi connectivity index (χ1v) is 7.10. The Hall–Kier alpha value is -2.38. The molecule has 0 aliphatic carbocycles. The van der Waals surface area contributed by atoms with Crippen LogP contribution in [0.15, 0.2) is 24.9 Å². The monoisotopic (exact) mass is 291 g/mol. The minimum Gasteiger partial charge on any atom is -0.334 e. The molecule has 114 valence electrons. The van der Waals surface area contributed by atoms with Crippen LogP contribution in [0.2, 0.25) is 0 Å². The molecular weight excluding hydrogens is 270 g/mol. The van der Waals surface area contributed by atoms with Crippen molar-refractivity contribution in [2.75, 3.05) is 5.32 Å². The maximum atomic E-state index is 12.0. The number of aromatic nitrogens is 5. The minimum atomic E-state index is -0.249. The standard InChI is InChI=1S/C13H21N7O/c1-3-4-7-20-12(5-6-15-20)18-13(21)17-11(2)8-19-10-14-9-16-19/h5-6,9-11H,3-4,7-8H2,1-2H3,(H2,17,18,21)/t11-/m0/s1. The number of hydrogen-bond donors (Lipinski definition) is 2. The van der Waals surface area contributed by atoms with Gasteiger partial charge in [0.15, 0.2) is 0 Å². The second-order valence-corrected chi connectivity index (χ2v) is 4.91. The number of carbonyl (C=O) groups excluding carboxylic acids is 1. The molecule has 0 bridgehead atoms. The Morgan fingerprint density at radius 3 is 3.00 bits per heavy atom. The highest BCUT2D eigenvalue weighted by molar-refractivity contribution is 5.88. The Bertz CT molecular complexity index is 549. The van der Waals surface area contributed by atoms with E-state index in [0.717, 1.165) is 19.4 Å². The summed E-state index contributed by atoms with van der Waals surface area (Å²) in [4.78, 5) is 15.8. The van der Waals surface area contributed by atoms with E-state index in [4.69, 9.17) is 0 Å². The molecule has 8 nitrogen and oxygen atoms in total. The fourth-order valence-electron chi connectivity index (χ4n) is 1.95. The van der Waals surface area contributed by atoms with Crippen molar-refractivity contribution in [3.05, 3.63) is 24.9 Å². The summed E-state index contributed by atoms with van der Waals surface area (Å²) in [5, 5.41) is 13.9. The topological polar surface area (TPSA) is 89.7 Å². The summed E-state index contributed by atoms with van der Waals surface area (Å²) in [6, 6.07) is 1.48. The first kappa shape index (κ1) is 15.0. The molecule has 2 aromatic rings. The van der Waals surface area contributed by atoms with E-state index < -0.39 is 0 Å². The van der Waals surface area contributed by atoms with E-state index in [2.05, 4.69) is 32.7 Å². The first-order valence-electron chi connectivity index (χ1n) is 7.10. The molecule has 2 amide bonds. The molecule has 0 unspecified atom stereocenters. The third-order valence-corrected chi connectivity index (χ3v) is 2.99. The zero-order valence-corrected chi connectivity index (χ0v) is 12.4. The number of rotatable bonds is 7. The summed E-state index contributed by atoms with van der Waals surface area (Å²) < 4.78 is 3.47. The normalized spacial score (nSPS) is 12.1. The highest BCUT2D eigenvalue weighted by Gasteiger charge is 2.10. The Kier molecular flexibility index (Phi) is 5.30. The predicted molar refractivity (Wildman–Crippen MR) is 78.8 cm³/mol. The summed E-state index contributed by atoms with van der Waals surface area (Å²) in [5.41, 5.74) is 0. The molecule has 0 saturated carbocycles. The van der Waals surface area contributed by atoms with Gasteiger partial charge in [0.2, 0.25) is 0 Å².